The Hall–Kier alpha value is -1.28. The number of hydrogen-bond donors (Lipinski definition) is 0. The zero-order valence-electron chi connectivity index (χ0n) is 8.41. The number of halogens is 1. The highest BCUT2D eigenvalue weighted by Gasteiger charge is 2.01. The third kappa shape index (κ3) is 2.60. The Labute approximate surface area is 97.8 Å². The normalized spacial score (nSPS) is 10.0. The van der Waals surface area contributed by atoms with Gasteiger partial charge < -0.3 is 4.74 Å². The molecule has 1 nitrogen and oxygen atoms in total. The molecule has 0 aliphatic carbocycles. The van der Waals surface area contributed by atoms with E-state index in [4.69, 9.17) is 4.74 Å². The molecule has 2 heteroatoms. The van der Waals surface area contributed by atoms with Crippen molar-refractivity contribution >= 4 is 15.9 Å². The molecule has 0 amide bonds. The maximum Gasteiger partial charge on any atom is 0.141 e. The molecule has 0 saturated heterocycles. The second-order valence-electron chi connectivity index (χ2n) is 3.35. The zero-order valence-corrected chi connectivity index (χ0v) is 9.99. The molecule has 2 rings (SSSR count). The molecule has 0 unspecified atom stereocenters. The van der Waals surface area contributed by atoms with Gasteiger partial charge in [-0.25, -0.2) is 0 Å². The van der Waals surface area contributed by atoms with Gasteiger partial charge in [0.25, 0.3) is 0 Å². The maximum atomic E-state index is 5.74. The van der Waals surface area contributed by atoms with E-state index >= 15 is 0 Å². The Balaban J connectivity index is 2.28. The molecule has 0 radical (unpaired) electrons. The van der Waals surface area contributed by atoms with Crippen molar-refractivity contribution in [3.63, 3.8) is 0 Å². The molecule has 15 heavy (non-hydrogen) atoms. The number of aryl methyl sites for hydroxylation is 1. The van der Waals surface area contributed by atoms with Crippen LogP contribution in [0.15, 0.2) is 53.0 Å². The van der Waals surface area contributed by atoms with Crippen molar-refractivity contribution in [3.05, 3.63) is 58.6 Å². The first-order valence-electron chi connectivity index (χ1n) is 4.75. The fourth-order valence-corrected chi connectivity index (χ4v) is 1.63. The Morgan fingerprint density at radius 2 is 1.73 bits per heavy atom. The summed E-state index contributed by atoms with van der Waals surface area (Å²) in [5.41, 5.74) is 1.18. The molecule has 0 fully saturated rings. The Bertz CT molecular complexity index is 451. The average Bonchev–Trinajstić information content (AvgIpc) is 2.25. The Morgan fingerprint density at radius 1 is 1.00 bits per heavy atom. The molecular weight excluding hydrogens is 252 g/mol. The first-order chi connectivity index (χ1) is 7.25. The van der Waals surface area contributed by atoms with Gasteiger partial charge in [0, 0.05) is 0 Å². The van der Waals surface area contributed by atoms with Crippen LogP contribution < -0.4 is 4.74 Å². The van der Waals surface area contributed by atoms with Crippen LogP contribution >= 0.6 is 15.9 Å². The topological polar surface area (TPSA) is 9.23 Å². The van der Waals surface area contributed by atoms with Crippen LogP contribution in [0.2, 0.25) is 0 Å². The van der Waals surface area contributed by atoms with Crippen molar-refractivity contribution in [2.24, 2.45) is 0 Å². The van der Waals surface area contributed by atoms with Crippen molar-refractivity contribution in [3.8, 4) is 11.5 Å². The lowest BCUT2D eigenvalue weighted by Gasteiger charge is -2.08. The molecule has 0 N–H and O–H groups in total. The fourth-order valence-electron chi connectivity index (χ4n) is 1.30. The second-order valence-corrected chi connectivity index (χ2v) is 4.20. The van der Waals surface area contributed by atoms with Crippen LogP contribution in [0.5, 0.6) is 11.5 Å². The van der Waals surface area contributed by atoms with Gasteiger partial charge in [-0.2, -0.15) is 0 Å². The van der Waals surface area contributed by atoms with Gasteiger partial charge in [0.05, 0.1) is 4.47 Å². The summed E-state index contributed by atoms with van der Waals surface area (Å²) in [4.78, 5) is 0. The van der Waals surface area contributed by atoms with E-state index in [1.165, 1.54) is 5.56 Å². The van der Waals surface area contributed by atoms with E-state index < -0.39 is 0 Å². The number of para-hydroxylation sites is 1. The lowest BCUT2D eigenvalue weighted by molar-refractivity contribution is 0.479. The fraction of sp³-hybridized carbons (Fsp3) is 0.0769. The molecular formula is C13H11BrO. The lowest BCUT2D eigenvalue weighted by atomic mass is 10.2. The number of ether oxygens (including phenoxy) is 1. The largest absolute Gasteiger partial charge is 0.456 e. The molecule has 0 saturated carbocycles. The summed E-state index contributed by atoms with van der Waals surface area (Å²) in [6, 6.07) is 15.8. The van der Waals surface area contributed by atoms with E-state index in [1.54, 1.807) is 0 Å². The van der Waals surface area contributed by atoms with E-state index in [2.05, 4.69) is 15.9 Å². The van der Waals surface area contributed by atoms with Gasteiger partial charge in [0.15, 0.2) is 0 Å². The van der Waals surface area contributed by atoms with Crippen LogP contribution in [0, 0.1) is 6.92 Å². The molecule has 2 aromatic carbocycles. The third-order valence-corrected chi connectivity index (χ3v) is 2.71. The van der Waals surface area contributed by atoms with Gasteiger partial charge in [-0.05, 0) is 52.7 Å². The molecule has 2 aromatic rings. The van der Waals surface area contributed by atoms with Gasteiger partial charge in [-0.3, -0.25) is 0 Å². The van der Waals surface area contributed by atoms with Crippen LogP contribution in [0.25, 0.3) is 0 Å². The molecule has 0 aliphatic heterocycles. The van der Waals surface area contributed by atoms with Crippen molar-refractivity contribution < 1.29 is 4.74 Å². The van der Waals surface area contributed by atoms with Crippen LogP contribution in [0.4, 0.5) is 0 Å². The minimum Gasteiger partial charge on any atom is -0.456 e. The monoisotopic (exact) mass is 262 g/mol. The van der Waals surface area contributed by atoms with E-state index in [-0.39, 0.29) is 0 Å². The van der Waals surface area contributed by atoms with Gasteiger partial charge in [0.1, 0.15) is 11.5 Å². The van der Waals surface area contributed by atoms with Crippen molar-refractivity contribution in [2.45, 2.75) is 6.92 Å². The summed E-state index contributed by atoms with van der Waals surface area (Å²) >= 11 is 3.46. The molecule has 0 atom stereocenters. The number of rotatable bonds is 2. The zero-order chi connectivity index (χ0) is 10.7. The molecule has 0 spiro atoms. The molecule has 76 valence electrons. The van der Waals surface area contributed by atoms with E-state index in [9.17, 15) is 0 Å². The minimum absolute atomic E-state index is 0.848. The van der Waals surface area contributed by atoms with Crippen LogP contribution in [0.3, 0.4) is 0 Å². The van der Waals surface area contributed by atoms with Crippen LogP contribution in [-0.4, -0.2) is 0 Å². The number of benzene rings is 2. The first-order valence-corrected chi connectivity index (χ1v) is 5.54. The predicted octanol–water partition coefficient (Wildman–Crippen LogP) is 4.55. The molecule has 0 heterocycles. The standard InChI is InChI=1S/C13H11BrO/c1-10-7-8-12(14)13(9-10)15-11-5-3-2-4-6-11/h2-9H,1H3. The Kier molecular flexibility index (Phi) is 3.07. The van der Waals surface area contributed by atoms with Crippen molar-refractivity contribution in [1.82, 2.24) is 0 Å². The highest BCUT2D eigenvalue weighted by atomic mass is 79.9. The molecule has 0 aromatic heterocycles. The molecule has 0 bridgehead atoms. The Morgan fingerprint density at radius 3 is 2.47 bits per heavy atom. The highest BCUT2D eigenvalue weighted by Crippen LogP contribution is 2.30. The lowest BCUT2D eigenvalue weighted by Crippen LogP contribution is -1.85. The van der Waals surface area contributed by atoms with Crippen LogP contribution in [-0.2, 0) is 0 Å². The van der Waals surface area contributed by atoms with Crippen molar-refractivity contribution in [2.75, 3.05) is 0 Å². The predicted molar refractivity (Wildman–Crippen MR) is 65.4 cm³/mol. The summed E-state index contributed by atoms with van der Waals surface area (Å²) in [7, 11) is 0. The van der Waals surface area contributed by atoms with E-state index in [0.717, 1.165) is 16.0 Å². The van der Waals surface area contributed by atoms with Crippen molar-refractivity contribution in [1.29, 1.82) is 0 Å². The maximum absolute atomic E-state index is 5.74. The SMILES string of the molecule is Cc1ccc(Br)c(Oc2ccccc2)c1. The average molecular weight is 263 g/mol. The first kappa shape index (κ1) is 10.2. The van der Waals surface area contributed by atoms with Gasteiger partial charge >= 0.3 is 0 Å². The molecule has 0 aliphatic rings. The highest BCUT2D eigenvalue weighted by molar-refractivity contribution is 9.10. The van der Waals surface area contributed by atoms with Crippen LogP contribution in [0.1, 0.15) is 5.56 Å². The second kappa shape index (κ2) is 4.49. The van der Waals surface area contributed by atoms with Gasteiger partial charge in [-0.1, -0.05) is 24.3 Å². The van der Waals surface area contributed by atoms with E-state index in [1.807, 2.05) is 55.5 Å². The summed E-state index contributed by atoms with van der Waals surface area (Å²) in [5, 5.41) is 0. The number of hydrogen-bond acceptors (Lipinski definition) is 1. The van der Waals surface area contributed by atoms with Gasteiger partial charge in [0.2, 0.25) is 0 Å². The quantitative estimate of drug-likeness (QED) is 0.772. The summed E-state index contributed by atoms with van der Waals surface area (Å²) in [6.45, 7) is 2.05. The van der Waals surface area contributed by atoms with Gasteiger partial charge in [-0.15, -0.1) is 0 Å². The summed E-state index contributed by atoms with van der Waals surface area (Å²) < 4.78 is 6.71. The summed E-state index contributed by atoms with van der Waals surface area (Å²) in [5.74, 6) is 1.70. The smallest absolute Gasteiger partial charge is 0.141 e. The van der Waals surface area contributed by atoms with E-state index in [0.29, 0.717) is 0 Å². The third-order valence-electron chi connectivity index (χ3n) is 2.06. The minimum atomic E-state index is 0.848. The summed E-state index contributed by atoms with van der Waals surface area (Å²) in [6.07, 6.45) is 0.